The van der Waals surface area contributed by atoms with Gasteiger partial charge in [0.05, 0.1) is 38.3 Å². The largest absolute Gasteiger partial charge is 0.493 e. The number of nitrogens with zero attached hydrogens (tertiary/aromatic N) is 1. The molecule has 9 nitrogen and oxygen atoms in total. The SMILES string of the molecule is COC(=O)c1cc(OC)c(OC)cc1NC(=O)C1CCN(S(=O)(=O)Cc2ccccc2C)CC1. The second-order valence-corrected chi connectivity index (χ2v) is 10.1. The third-order valence-corrected chi connectivity index (χ3v) is 7.83. The number of rotatable bonds is 8. The van der Waals surface area contributed by atoms with Crippen molar-refractivity contribution in [3.8, 4) is 11.5 Å². The Kier molecular flexibility index (Phi) is 8.16. The molecule has 0 atom stereocenters. The number of aryl methyl sites for hydroxylation is 1. The van der Waals surface area contributed by atoms with Crippen LogP contribution in [0.1, 0.15) is 34.3 Å². The summed E-state index contributed by atoms with van der Waals surface area (Å²) in [7, 11) is 0.648. The summed E-state index contributed by atoms with van der Waals surface area (Å²) in [6, 6.07) is 10.4. The van der Waals surface area contributed by atoms with E-state index in [0.717, 1.165) is 11.1 Å². The van der Waals surface area contributed by atoms with Crippen LogP contribution in [0.25, 0.3) is 0 Å². The fourth-order valence-electron chi connectivity index (χ4n) is 3.95. The van der Waals surface area contributed by atoms with Crippen molar-refractivity contribution >= 4 is 27.6 Å². The minimum Gasteiger partial charge on any atom is -0.493 e. The van der Waals surface area contributed by atoms with Crippen LogP contribution in [0.15, 0.2) is 36.4 Å². The standard InChI is InChI=1S/C24H30N2O7S/c1-16-7-5-6-8-18(16)15-34(29,30)26-11-9-17(10-12-26)23(27)25-20-14-22(32-3)21(31-2)13-19(20)24(28)33-4/h5-8,13-14,17H,9-12,15H2,1-4H3,(H,25,27). The molecule has 10 heteroatoms. The summed E-state index contributed by atoms with van der Waals surface area (Å²) in [4.78, 5) is 25.2. The minimum atomic E-state index is -3.49. The summed E-state index contributed by atoms with van der Waals surface area (Å²) in [5.41, 5.74) is 2.07. The predicted octanol–water partition coefficient (Wildman–Crippen LogP) is 2.98. The molecule has 1 amide bonds. The highest BCUT2D eigenvalue weighted by Crippen LogP contribution is 2.34. The fraction of sp³-hybridized carbons (Fsp3) is 0.417. The molecule has 1 N–H and O–H groups in total. The van der Waals surface area contributed by atoms with E-state index in [1.807, 2.05) is 31.2 Å². The third-order valence-electron chi connectivity index (χ3n) is 6.00. The first-order valence-electron chi connectivity index (χ1n) is 10.9. The van der Waals surface area contributed by atoms with Gasteiger partial charge in [-0.05, 0) is 30.9 Å². The summed E-state index contributed by atoms with van der Waals surface area (Å²) in [5.74, 6) is -0.717. The van der Waals surface area contributed by atoms with Gasteiger partial charge in [-0.15, -0.1) is 0 Å². The number of carbonyl (C=O) groups excluding carboxylic acids is 2. The Bertz CT molecular complexity index is 1160. The minimum absolute atomic E-state index is 0.0648. The summed E-state index contributed by atoms with van der Waals surface area (Å²) in [6.07, 6.45) is 0.749. The molecule has 3 rings (SSSR count). The Labute approximate surface area is 200 Å². The third kappa shape index (κ3) is 5.68. The molecule has 1 heterocycles. The van der Waals surface area contributed by atoms with Gasteiger partial charge in [-0.25, -0.2) is 17.5 Å². The quantitative estimate of drug-likeness (QED) is 0.566. The van der Waals surface area contributed by atoms with E-state index < -0.39 is 21.9 Å². The number of hydrogen-bond donors (Lipinski definition) is 1. The predicted molar refractivity (Wildman–Crippen MR) is 128 cm³/mol. The Morgan fingerprint density at radius 2 is 1.65 bits per heavy atom. The highest BCUT2D eigenvalue weighted by molar-refractivity contribution is 7.88. The zero-order chi connectivity index (χ0) is 24.9. The number of methoxy groups -OCH3 is 3. The van der Waals surface area contributed by atoms with Crippen molar-refractivity contribution in [2.75, 3.05) is 39.7 Å². The molecule has 0 radical (unpaired) electrons. The average Bonchev–Trinajstić information content (AvgIpc) is 2.84. The Hall–Kier alpha value is -3.11. The number of carbonyl (C=O) groups is 2. The van der Waals surface area contributed by atoms with Crippen molar-refractivity contribution in [1.82, 2.24) is 4.31 Å². The molecule has 2 aromatic carbocycles. The number of anilines is 1. The van der Waals surface area contributed by atoms with E-state index >= 15 is 0 Å². The second-order valence-electron chi connectivity index (χ2n) is 8.09. The number of piperidine rings is 1. The normalized spacial score (nSPS) is 14.9. The van der Waals surface area contributed by atoms with Crippen LogP contribution in [0.4, 0.5) is 5.69 Å². The second kappa shape index (κ2) is 10.9. The summed E-state index contributed by atoms with van der Waals surface area (Å²) in [6.45, 7) is 2.39. The monoisotopic (exact) mass is 490 g/mol. The van der Waals surface area contributed by atoms with Gasteiger partial charge in [-0.2, -0.15) is 0 Å². The maximum absolute atomic E-state index is 13.0. The molecule has 1 saturated heterocycles. The summed E-state index contributed by atoms with van der Waals surface area (Å²) in [5, 5.41) is 2.78. The van der Waals surface area contributed by atoms with Crippen LogP contribution in [-0.4, -0.2) is 59.0 Å². The molecule has 0 saturated carbocycles. The molecule has 184 valence electrons. The Morgan fingerprint density at radius 3 is 2.24 bits per heavy atom. The highest BCUT2D eigenvalue weighted by Gasteiger charge is 2.32. The molecule has 0 unspecified atom stereocenters. The average molecular weight is 491 g/mol. The Morgan fingerprint density at radius 1 is 1.03 bits per heavy atom. The van der Waals surface area contributed by atoms with Gasteiger partial charge < -0.3 is 19.5 Å². The zero-order valence-electron chi connectivity index (χ0n) is 19.8. The van der Waals surface area contributed by atoms with Crippen LogP contribution in [-0.2, 0) is 25.3 Å². The molecule has 1 aliphatic rings. The van der Waals surface area contributed by atoms with Crippen molar-refractivity contribution in [2.45, 2.75) is 25.5 Å². The van der Waals surface area contributed by atoms with Gasteiger partial charge >= 0.3 is 5.97 Å². The molecule has 0 spiro atoms. The van der Waals surface area contributed by atoms with Crippen LogP contribution < -0.4 is 14.8 Å². The van der Waals surface area contributed by atoms with Gasteiger partial charge in [0.1, 0.15) is 0 Å². The first-order valence-corrected chi connectivity index (χ1v) is 12.5. The molecule has 1 fully saturated rings. The number of nitrogens with one attached hydrogen (secondary N) is 1. The summed E-state index contributed by atoms with van der Waals surface area (Å²) < 4.78 is 42.6. The van der Waals surface area contributed by atoms with E-state index in [1.165, 1.54) is 37.8 Å². The number of hydrogen-bond acceptors (Lipinski definition) is 7. The first kappa shape index (κ1) is 25.5. The van der Waals surface area contributed by atoms with Gasteiger partial charge in [0.25, 0.3) is 0 Å². The van der Waals surface area contributed by atoms with Crippen LogP contribution in [0.2, 0.25) is 0 Å². The fourth-order valence-corrected chi connectivity index (χ4v) is 5.62. The van der Waals surface area contributed by atoms with Gasteiger partial charge in [0, 0.05) is 31.1 Å². The van der Waals surface area contributed by atoms with Gasteiger partial charge in [-0.3, -0.25) is 4.79 Å². The Balaban J connectivity index is 1.69. The van der Waals surface area contributed by atoms with E-state index in [9.17, 15) is 18.0 Å². The van der Waals surface area contributed by atoms with Crippen molar-refractivity contribution in [3.05, 3.63) is 53.1 Å². The van der Waals surface area contributed by atoms with E-state index in [-0.39, 0.29) is 36.0 Å². The maximum atomic E-state index is 13.0. The van der Waals surface area contributed by atoms with Crippen LogP contribution in [0.3, 0.4) is 0 Å². The van der Waals surface area contributed by atoms with Crippen molar-refractivity contribution in [2.24, 2.45) is 5.92 Å². The number of sulfonamides is 1. The number of ether oxygens (including phenoxy) is 3. The molecule has 2 aromatic rings. The number of amides is 1. The maximum Gasteiger partial charge on any atom is 0.340 e. The molecular formula is C24H30N2O7S. The lowest BCUT2D eigenvalue weighted by atomic mass is 9.97. The molecule has 0 bridgehead atoms. The highest BCUT2D eigenvalue weighted by atomic mass is 32.2. The molecule has 0 aliphatic carbocycles. The van der Waals surface area contributed by atoms with Gasteiger partial charge in [0.2, 0.25) is 15.9 Å². The van der Waals surface area contributed by atoms with Crippen molar-refractivity contribution < 1.29 is 32.2 Å². The molecular weight excluding hydrogens is 460 g/mol. The molecule has 0 aromatic heterocycles. The molecule has 34 heavy (non-hydrogen) atoms. The smallest absolute Gasteiger partial charge is 0.340 e. The first-order chi connectivity index (χ1) is 16.2. The van der Waals surface area contributed by atoms with E-state index in [0.29, 0.717) is 24.3 Å². The zero-order valence-corrected chi connectivity index (χ0v) is 20.6. The van der Waals surface area contributed by atoms with Crippen molar-refractivity contribution in [3.63, 3.8) is 0 Å². The number of benzene rings is 2. The lowest BCUT2D eigenvalue weighted by Crippen LogP contribution is -2.42. The summed E-state index contributed by atoms with van der Waals surface area (Å²) >= 11 is 0. The topological polar surface area (TPSA) is 111 Å². The van der Waals surface area contributed by atoms with E-state index in [4.69, 9.17) is 14.2 Å². The van der Waals surface area contributed by atoms with E-state index in [1.54, 1.807) is 0 Å². The van der Waals surface area contributed by atoms with Crippen LogP contribution in [0.5, 0.6) is 11.5 Å². The van der Waals surface area contributed by atoms with Crippen LogP contribution in [0, 0.1) is 12.8 Å². The van der Waals surface area contributed by atoms with Gasteiger partial charge in [0.15, 0.2) is 11.5 Å². The van der Waals surface area contributed by atoms with Gasteiger partial charge in [-0.1, -0.05) is 24.3 Å². The number of esters is 1. The molecule has 1 aliphatic heterocycles. The lowest BCUT2D eigenvalue weighted by molar-refractivity contribution is -0.120. The van der Waals surface area contributed by atoms with Crippen molar-refractivity contribution in [1.29, 1.82) is 0 Å². The lowest BCUT2D eigenvalue weighted by Gasteiger charge is -2.31. The van der Waals surface area contributed by atoms with Crippen LogP contribution >= 0.6 is 0 Å². The van der Waals surface area contributed by atoms with E-state index in [2.05, 4.69) is 5.32 Å².